The van der Waals surface area contributed by atoms with Gasteiger partial charge < -0.3 is 0 Å². The molecule has 0 aliphatic rings. The number of pyridine rings is 1. The van der Waals surface area contributed by atoms with Crippen LogP contribution in [0.15, 0.2) is 43.2 Å². The van der Waals surface area contributed by atoms with E-state index in [0.717, 1.165) is 23.3 Å². The molecule has 0 fully saturated rings. The average Bonchev–Trinajstić information content (AvgIpc) is 2.32. The SMILES string of the molecule is C=C(C)c1cnccc1-c1cc(F)ccc1F. The molecular weight excluding hydrogens is 220 g/mol. The molecule has 1 aromatic heterocycles. The Kier molecular flexibility index (Phi) is 3.00. The molecule has 0 spiro atoms. The number of rotatable bonds is 2. The molecule has 0 aliphatic heterocycles. The minimum absolute atomic E-state index is 0.227. The molecule has 1 aromatic carbocycles. The van der Waals surface area contributed by atoms with Crippen molar-refractivity contribution in [3.05, 3.63) is 60.4 Å². The Hall–Kier alpha value is -2.03. The van der Waals surface area contributed by atoms with Crippen molar-refractivity contribution in [2.45, 2.75) is 6.92 Å². The van der Waals surface area contributed by atoms with Crippen LogP contribution in [0.1, 0.15) is 12.5 Å². The maximum Gasteiger partial charge on any atom is 0.131 e. The molecule has 0 amide bonds. The summed E-state index contributed by atoms with van der Waals surface area (Å²) in [6, 6.07) is 5.05. The highest BCUT2D eigenvalue weighted by molar-refractivity contribution is 5.79. The Morgan fingerprint density at radius 2 is 1.94 bits per heavy atom. The molecule has 3 heteroatoms. The van der Waals surface area contributed by atoms with Crippen molar-refractivity contribution in [3.63, 3.8) is 0 Å². The predicted octanol–water partition coefficient (Wildman–Crippen LogP) is 4.06. The van der Waals surface area contributed by atoms with Gasteiger partial charge in [-0.05, 0) is 42.3 Å². The molecule has 0 bridgehead atoms. The number of allylic oxidation sites excluding steroid dienone is 1. The first-order chi connectivity index (χ1) is 8.09. The summed E-state index contributed by atoms with van der Waals surface area (Å²) in [7, 11) is 0. The Labute approximate surface area is 98.4 Å². The second kappa shape index (κ2) is 4.45. The van der Waals surface area contributed by atoms with Crippen LogP contribution < -0.4 is 0 Å². The number of nitrogens with zero attached hydrogens (tertiary/aromatic N) is 1. The van der Waals surface area contributed by atoms with Crippen LogP contribution in [0, 0.1) is 11.6 Å². The van der Waals surface area contributed by atoms with Gasteiger partial charge in [0.15, 0.2) is 0 Å². The summed E-state index contributed by atoms with van der Waals surface area (Å²) in [4.78, 5) is 3.97. The van der Waals surface area contributed by atoms with Crippen molar-refractivity contribution in [3.8, 4) is 11.1 Å². The molecule has 2 rings (SSSR count). The molecule has 1 heterocycles. The minimum atomic E-state index is -0.467. The van der Waals surface area contributed by atoms with Gasteiger partial charge >= 0.3 is 0 Å². The van der Waals surface area contributed by atoms with Crippen LogP contribution >= 0.6 is 0 Å². The fourth-order valence-corrected chi connectivity index (χ4v) is 1.67. The average molecular weight is 231 g/mol. The summed E-state index contributed by atoms with van der Waals surface area (Å²) >= 11 is 0. The van der Waals surface area contributed by atoms with Gasteiger partial charge in [0.1, 0.15) is 11.6 Å². The number of benzene rings is 1. The van der Waals surface area contributed by atoms with E-state index in [9.17, 15) is 8.78 Å². The van der Waals surface area contributed by atoms with Crippen LogP contribution in [0.25, 0.3) is 16.7 Å². The first-order valence-corrected chi connectivity index (χ1v) is 5.15. The van der Waals surface area contributed by atoms with Gasteiger partial charge in [-0.15, -0.1) is 0 Å². The zero-order chi connectivity index (χ0) is 12.4. The number of hydrogen-bond donors (Lipinski definition) is 0. The van der Waals surface area contributed by atoms with Crippen molar-refractivity contribution in [1.82, 2.24) is 4.98 Å². The van der Waals surface area contributed by atoms with Crippen molar-refractivity contribution in [1.29, 1.82) is 0 Å². The van der Waals surface area contributed by atoms with Crippen molar-refractivity contribution in [2.75, 3.05) is 0 Å². The normalized spacial score (nSPS) is 10.3. The summed E-state index contributed by atoms with van der Waals surface area (Å²) in [6.45, 7) is 5.61. The van der Waals surface area contributed by atoms with Gasteiger partial charge in [-0.3, -0.25) is 4.98 Å². The molecule has 0 saturated heterocycles. The second-order valence-corrected chi connectivity index (χ2v) is 3.83. The van der Waals surface area contributed by atoms with Gasteiger partial charge in [0.05, 0.1) is 0 Å². The summed E-state index contributed by atoms with van der Waals surface area (Å²) in [6.07, 6.45) is 3.15. The van der Waals surface area contributed by atoms with Gasteiger partial charge in [0.2, 0.25) is 0 Å². The van der Waals surface area contributed by atoms with Crippen molar-refractivity contribution in [2.24, 2.45) is 0 Å². The Morgan fingerprint density at radius 3 is 2.65 bits per heavy atom. The largest absolute Gasteiger partial charge is 0.264 e. The van der Waals surface area contributed by atoms with E-state index in [1.54, 1.807) is 25.4 Å². The summed E-state index contributed by atoms with van der Waals surface area (Å²) in [5, 5.41) is 0. The summed E-state index contributed by atoms with van der Waals surface area (Å²) in [5.74, 6) is -0.925. The minimum Gasteiger partial charge on any atom is -0.264 e. The lowest BCUT2D eigenvalue weighted by Crippen LogP contribution is -1.92. The Bertz CT molecular complexity index is 576. The summed E-state index contributed by atoms with van der Waals surface area (Å²) < 4.78 is 26.8. The van der Waals surface area contributed by atoms with E-state index in [4.69, 9.17) is 0 Å². The first-order valence-electron chi connectivity index (χ1n) is 5.15. The fourth-order valence-electron chi connectivity index (χ4n) is 1.67. The highest BCUT2D eigenvalue weighted by Crippen LogP contribution is 2.29. The van der Waals surface area contributed by atoms with E-state index < -0.39 is 11.6 Å². The zero-order valence-corrected chi connectivity index (χ0v) is 9.37. The standard InChI is InChI=1S/C14H11F2N/c1-9(2)13-8-17-6-5-11(13)12-7-10(15)3-4-14(12)16/h3-8H,1H2,2H3. The van der Waals surface area contributed by atoms with Crippen LogP contribution in [0.4, 0.5) is 8.78 Å². The molecule has 1 nitrogen and oxygen atoms in total. The van der Waals surface area contributed by atoms with Gasteiger partial charge in [0, 0.05) is 23.5 Å². The fraction of sp³-hybridized carbons (Fsp3) is 0.0714. The Balaban J connectivity index is 2.68. The third-order valence-corrected chi connectivity index (χ3v) is 2.50. The van der Waals surface area contributed by atoms with E-state index in [0.29, 0.717) is 5.56 Å². The molecule has 0 unspecified atom stereocenters. The van der Waals surface area contributed by atoms with Gasteiger partial charge in [-0.1, -0.05) is 6.58 Å². The molecule has 86 valence electrons. The lowest BCUT2D eigenvalue weighted by molar-refractivity contribution is 0.603. The predicted molar refractivity (Wildman–Crippen MR) is 64.3 cm³/mol. The van der Waals surface area contributed by atoms with Crippen molar-refractivity contribution < 1.29 is 8.78 Å². The molecular formula is C14H11F2N. The van der Waals surface area contributed by atoms with Gasteiger partial charge in [-0.2, -0.15) is 0 Å². The van der Waals surface area contributed by atoms with Gasteiger partial charge in [-0.25, -0.2) is 8.78 Å². The zero-order valence-electron chi connectivity index (χ0n) is 9.37. The molecule has 0 saturated carbocycles. The molecule has 0 atom stereocenters. The van der Waals surface area contributed by atoms with E-state index in [1.807, 2.05) is 0 Å². The van der Waals surface area contributed by atoms with Crippen LogP contribution in [-0.2, 0) is 0 Å². The summed E-state index contributed by atoms with van der Waals surface area (Å²) in [5.41, 5.74) is 2.31. The van der Waals surface area contributed by atoms with Crippen LogP contribution in [0.2, 0.25) is 0 Å². The topological polar surface area (TPSA) is 12.9 Å². The van der Waals surface area contributed by atoms with Crippen LogP contribution in [0.3, 0.4) is 0 Å². The highest BCUT2D eigenvalue weighted by atomic mass is 19.1. The Morgan fingerprint density at radius 1 is 1.18 bits per heavy atom. The van der Waals surface area contributed by atoms with E-state index in [2.05, 4.69) is 11.6 Å². The van der Waals surface area contributed by atoms with E-state index in [1.165, 1.54) is 6.07 Å². The molecule has 17 heavy (non-hydrogen) atoms. The van der Waals surface area contributed by atoms with E-state index >= 15 is 0 Å². The molecule has 0 aliphatic carbocycles. The molecule has 0 radical (unpaired) electrons. The third-order valence-electron chi connectivity index (χ3n) is 2.50. The van der Waals surface area contributed by atoms with E-state index in [-0.39, 0.29) is 5.56 Å². The smallest absolute Gasteiger partial charge is 0.131 e. The first kappa shape index (κ1) is 11.5. The second-order valence-electron chi connectivity index (χ2n) is 3.83. The number of halogens is 2. The lowest BCUT2D eigenvalue weighted by atomic mass is 9.97. The maximum atomic E-state index is 13.7. The van der Waals surface area contributed by atoms with Crippen LogP contribution in [0.5, 0.6) is 0 Å². The lowest BCUT2D eigenvalue weighted by Gasteiger charge is -2.09. The van der Waals surface area contributed by atoms with Crippen LogP contribution in [-0.4, -0.2) is 4.98 Å². The molecule has 2 aromatic rings. The third kappa shape index (κ3) is 2.23. The molecule has 0 N–H and O–H groups in total. The number of aromatic nitrogens is 1. The maximum absolute atomic E-state index is 13.7. The quantitative estimate of drug-likeness (QED) is 0.759. The number of hydrogen-bond acceptors (Lipinski definition) is 1. The van der Waals surface area contributed by atoms with Gasteiger partial charge in [0.25, 0.3) is 0 Å². The monoisotopic (exact) mass is 231 g/mol. The van der Waals surface area contributed by atoms with Crippen molar-refractivity contribution >= 4 is 5.57 Å². The highest BCUT2D eigenvalue weighted by Gasteiger charge is 2.11.